The van der Waals surface area contributed by atoms with Crippen LogP contribution in [0.4, 0.5) is 4.39 Å². The van der Waals surface area contributed by atoms with Gasteiger partial charge in [0.25, 0.3) is 0 Å². The minimum absolute atomic E-state index is 0.113. The van der Waals surface area contributed by atoms with Gasteiger partial charge in [-0.1, -0.05) is 60.8 Å². The first-order valence-corrected chi connectivity index (χ1v) is 7.79. The van der Waals surface area contributed by atoms with Gasteiger partial charge in [0, 0.05) is 5.92 Å². The lowest BCUT2D eigenvalue weighted by molar-refractivity contribution is 0.351. The summed E-state index contributed by atoms with van der Waals surface area (Å²) in [7, 11) is 0. The van der Waals surface area contributed by atoms with E-state index in [1.807, 2.05) is 6.08 Å². The van der Waals surface area contributed by atoms with E-state index in [1.165, 1.54) is 19.3 Å². The van der Waals surface area contributed by atoms with Crippen LogP contribution in [0, 0.1) is 23.7 Å². The van der Waals surface area contributed by atoms with Crippen LogP contribution in [0.25, 0.3) is 0 Å². The lowest BCUT2D eigenvalue weighted by atomic mass is 9.89. The molecule has 3 atom stereocenters. The van der Waals surface area contributed by atoms with E-state index in [9.17, 15) is 4.39 Å². The zero-order chi connectivity index (χ0) is 14.1. The molecule has 0 aliphatic heterocycles. The Balaban J connectivity index is 4.14. The lowest BCUT2D eigenvalue weighted by Gasteiger charge is -2.18. The SMILES string of the molecule is CCC(C)CCCC(C)C=C(F)C(CC)C(C)C. The molecule has 0 nitrogen and oxygen atoms in total. The van der Waals surface area contributed by atoms with Crippen molar-refractivity contribution >= 4 is 0 Å². The van der Waals surface area contributed by atoms with Crippen LogP contribution < -0.4 is 0 Å². The molecule has 0 radical (unpaired) electrons. The first kappa shape index (κ1) is 17.7. The van der Waals surface area contributed by atoms with Crippen LogP contribution in [0.1, 0.15) is 73.6 Å². The van der Waals surface area contributed by atoms with Crippen molar-refractivity contribution in [1.29, 1.82) is 0 Å². The maximum absolute atomic E-state index is 14.1. The number of allylic oxidation sites excluding steroid dienone is 2. The molecule has 3 unspecified atom stereocenters. The fraction of sp³-hybridized carbons (Fsp3) is 0.882. The van der Waals surface area contributed by atoms with Crippen molar-refractivity contribution in [2.75, 3.05) is 0 Å². The molecule has 0 aromatic rings. The van der Waals surface area contributed by atoms with Gasteiger partial charge in [-0.25, -0.2) is 4.39 Å². The van der Waals surface area contributed by atoms with Crippen molar-refractivity contribution < 1.29 is 4.39 Å². The molecule has 0 bridgehead atoms. The molecule has 108 valence electrons. The predicted octanol–water partition coefficient (Wildman–Crippen LogP) is 6.37. The second-order valence-electron chi connectivity index (χ2n) is 6.23. The van der Waals surface area contributed by atoms with Crippen LogP contribution in [-0.4, -0.2) is 0 Å². The predicted molar refractivity (Wildman–Crippen MR) is 80.3 cm³/mol. The molecule has 0 spiro atoms. The first-order valence-electron chi connectivity index (χ1n) is 7.79. The molecule has 0 saturated heterocycles. The van der Waals surface area contributed by atoms with Crippen molar-refractivity contribution in [3.63, 3.8) is 0 Å². The normalized spacial score (nSPS) is 17.9. The Morgan fingerprint density at radius 2 is 1.61 bits per heavy atom. The zero-order valence-electron chi connectivity index (χ0n) is 13.3. The molecule has 0 aromatic heterocycles. The topological polar surface area (TPSA) is 0 Å². The van der Waals surface area contributed by atoms with Gasteiger partial charge in [-0.15, -0.1) is 0 Å². The fourth-order valence-electron chi connectivity index (χ4n) is 2.46. The Labute approximate surface area is 114 Å². The molecule has 0 heterocycles. The Bertz CT molecular complexity index is 230. The summed E-state index contributed by atoms with van der Waals surface area (Å²) in [6.45, 7) is 13.0. The average Bonchev–Trinajstić information content (AvgIpc) is 2.28. The summed E-state index contributed by atoms with van der Waals surface area (Å²) >= 11 is 0. The smallest absolute Gasteiger partial charge is 0.0995 e. The minimum Gasteiger partial charge on any atom is -0.212 e. The second-order valence-corrected chi connectivity index (χ2v) is 6.23. The van der Waals surface area contributed by atoms with E-state index in [1.54, 1.807) is 0 Å². The summed E-state index contributed by atoms with van der Waals surface area (Å²) in [6.07, 6.45) is 7.64. The standard InChI is InChI=1S/C17H33F/c1-7-14(5)10-9-11-15(6)12-17(18)16(8-2)13(3)4/h12-16H,7-11H2,1-6H3. The summed E-state index contributed by atoms with van der Waals surface area (Å²) in [5, 5.41) is 0. The largest absolute Gasteiger partial charge is 0.212 e. The first-order chi connectivity index (χ1) is 8.42. The Hall–Kier alpha value is -0.330. The van der Waals surface area contributed by atoms with Crippen LogP contribution in [-0.2, 0) is 0 Å². The van der Waals surface area contributed by atoms with Gasteiger partial charge in [-0.3, -0.25) is 0 Å². The molecule has 0 saturated carbocycles. The van der Waals surface area contributed by atoms with Gasteiger partial charge in [0.05, 0.1) is 5.83 Å². The summed E-state index contributed by atoms with van der Waals surface area (Å²) in [6, 6.07) is 0. The highest BCUT2D eigenvalue weighted by molar-refractivity contribution is 5.00. The van der Waals surface area contributed by atoms with Crippen LogP contribution in [0.5, 0.6) is 0 Å². The molecule has 0 N–H and O–H groups in total. The van der Waals surface area contributed by atoms with Crippen LogP contribution in [0.15, 0.2) is 11.9 Å². The second kappa shape index (κ2) is 9.58. The highest BCUT2D eigenvalue weighted by Crippen LogP contribution is 2.27. The van der Waals surface area contributed by atoms with Gasteiger partial charge in [-0.2, -0.15) is 0 Å². The molecule has 0 aliphatic carbocycles. The zero-order valence-corrected chi connectivity index (χ0v) is 13.3. The number of halogens is 1. The highest BCUT2D eigenvalue weighted by Gasteiger charge is 2.17. The summed E-state index contributed by atoms with van der Waals surface area (Å²) in [5.74, 6) is 1.82. The van der Waals surface area contributed by atoms with Crippen molar-refractivity contribution in [3.05, 3.63) is 11.9 Å². The maximum atomic E-state index is 14.1. The number of hydrogen-bond acceptors (Lipinski definition) is 0. The summed E-state index contributed by atoms with van der Waals surface area (Å²) in [4.78, 5) is 0. The van der Waals surface area contributed by atoms with Crippen LogP contribution >= 0.6 is 0 Å². The van der Waals surface area contributed by atoms with Crippen LogP contribution in [0.3, 0.4) is 0 Å². The number of hydrogen-bond donors (Lipinski definition) is 0. The van der Waals surface area contributed by atoms with Gasteiger partial charge < -0.3 is 0 Å². The average molecular weight is 256 g/mol. The molecular formula is C17H33F. The van der Waals surface area contributed by atoms with Crippen molar-refractivity contribution in [2.45, 2.75) is 73.6 Å². The minimum atomic E-state index is 0.113. The summed E-state index contributed by atoms with van der Waals surface area (Å²) in [5.41, 5.74) is 0. The summed E-state index contributed by atoms with van der Waals surface area (Å²) < 4.78 is 14.1. The van der Waals surface area contributed by atoms with Gasteiger partial charge in [0.2, 0.25) is 0 Å². The molecule has 0 aromatic carbocycles. The molecule has 0 fully saturated rings. The van der Waals surface area contributed by atoms with E-state index in [2.05, 4.69) is 41.5 Å². The fourth-order valence-corrected chi connectivity index (χ4v) is 2.46. The lowest BCUT2D eigenvalue weighted by Crippen LogP contribution is -2.09. The van der Waals surface area contributed by atoms with E-state index in [-0.39, 0.29) is 11.7 Å². The van der Waals surface area contributed by atoms with Gasteiger partial charge in [0.15, 0.2) is 0 Å². The highest BCUT2D eigenvalue weighted by atomic mass is 19.1. The van der Waals surface area contributed by atoms with Crippen molar-refractivity contribution in [3.8, 4) is 0 Å². The molecule has 0 aliphatic rings. The molecule has 0 rings (SSSR count). The molecule has 1 heteroatoms. The molecule has 0 amide bonds. The third kappa shape index (κ3) is 7.18. The quantitative estimate of drug-likeness (QED) is 0.449. The maximum Gasteiger partial charge on any atom is 0.0995 e. The Kier molecular flexibility index (Phi) is 9.40. The van der Waals surface area contributed by atoms with Gasteiger partial charge >= 0.3 is 0 Å². The molecular weight excluding hydrogens is 223 g/mol. The van der Waals surface area contributed by atoms with Gasteiger partial charge in [-0.05, 0) is 36.7 Å². The van der Waals surface area contributed by atoms with E-state index in [0.717, 1.165) is 18.8 Å². The Morgan fingerprint density at radius 3 is 2.06 bits per heavy atom. The van der Waals surface area contributed by atoms with E-state index in [4.69, 9.17) is 0 Å². The van der Waals surface area contributed by atoms with E-state index in [0.29, 0.717) is 11.8 Å². The number of rotatable bonds is 9. The van der Waals surface area contributed by atoms with Crippen LogP contribution in [0.2, 0.25) is 0 Å². The molecule has 18 heavy (non-hydrogen) atoms. The monoisotopic (exact) mass is 256 g/mol. The van der Waals surface area contributed by atoms with Gasteiger partial charge in [0.1, 0.15) is 0 Å². The third-order valence-electron chi connectivity index (χ3n) is 4.10. The third-order valence-corrected chi connectivity index (χ3v) is 4.10. The van der Waals surface area contributed by atoms with E-state index < -0.39 is 0 Å². The van der Waals surface area contributed by atoms with Crippen molar-refractivity contribution in [2.24, 2.45) is 23.7 Å². The van der Waals surface area contributed by atoms with Crippen molar-refractivity contribution in [1.82, 2.24) is 0 Å². The van der Waals surface area contributed by atoms with E-state index >= 15 is 0 Å². The Morgan fingerprint density at radius 1 is 1.00 bits per heavy atom.